The van der Waals surface area contributed by atoms with Gasteiger partial charge >= 0.3 is 5.97 Å². The number of nitrogens with one attached hydrogen (secondary N) is 4. The Morgan fingerprint density at radius 2 is 0.658 bits per heavy atom. The zero-order chi connectivity index (χ0) is 58.0. The van der Waals surface area contributed by atoms with Crippen molar-refractivity contribution in [1.82, 2.24) is 21.3 Å². The molecule has 24 heteroatoms. The Bertz CT molecular complexity index is 1850. The highest BCUT2D eigenvalue weighted by Gasteiger charge is 2.34. The zero-order valence-corrected chi connectivity index (χ0v) is 45.4. The van der Waals surface area contributed by atoms with Crippen molar-refractivity contribution in [1.29, 1.82) is 0 Å². The molecular formula is C55H81F5N4O15. The molecule has 0 fully saturated rings. The second-order valence-corrected chi connectivity index (χ2v) is 17.5. The predicted octanol–water partition coefficient (Wildman–Crippen LogP) is 4.78. The summed E-state index contributed by atoms with van der Waals surface area (Å²) in [6.45, 7) is 5.70. The van der Waals surface area contributed by atoms with Crippen LogP contribution < -0.4 is 26.0 Å². The molecule has 0 heterocycles. The van der Waals surface area contributed by atoms with Crippen molar-refractivity contribution < 1.29 is 93.3 Å². The van der Waals surface area contributed by atoms with Gasteiger partial charge in [0.2, 0.25) is 58.5 Å². The molecule has 1 aromatic carbocycles. The first-order valence-corrected chi connectivity index (χ1v) is 26.6. The van der Waals surface area contributed by atoms with E-state index in [-0.39, 0.29) is 161 Å². The van der Waals surface area contributed by atoms with Crippen LogP contribution in [0.25, 0.3) is 0 Å². The zero-order valence-electron chi connectivity index (χ0n) is 45.4. The molecule has 0 bridgehead atoms. The van der Waals surface area contributed by atoms with Gasteiger partial charge in [0.15, 0.2) is 0 Å². The normalized spacial score (nSPS) is 11.1. The van der Waals surface area contributed by atoms with Gasteiger partial charge in [-0.3, -0.25) is 24.0 Å². The minimum Gasteiger partial charge on any atom is -0.420 e. The number of halogens is 5. The van der Waals surface area contributed by atoms with Gasteiger partial charge in [0.25, 0.3) is 0 Å². The predicted molar refractivity (Wildman–Crippen MR) is 280 cm³/mol. The molecule has 0 aliphatic rings. The molecule has 19 nitrogen and oxygen atoms in total. The summed E-state index contributed by atoms with van der Waals surface area (Å²) in [6, 6.07) is 0. The van der Waals surface area contributed by atoms with Crippen LogP contribution in [0.4, 0.5) is 22.0 Å². The topological polar surface area (TPSA) is 226 Å². The monoisotopic (exact) mass is 1130 g/mol. The van der Waals surface area contributed by atoms with Crippen molar-refractivity contribution in [2.45, 2.75) is 108 Å². The summed E-state index contributed by atoms with van der Waals surface area (Å²) in [4.78, 5) is 65.5. The number of ether oxygens (including phenoxy) is 10. The van der Waals surface area contributed by atoms with Crippen LogP contribution in [0.3, 0.4) is 0 Å². The van der Waals surface area contributed by atoms with Crippen LogP contribution in [0.2, 0.25) is 0 Å². The molecule has 0 aliphatic carbocycles. The van der Waals surface area contributed by atoms with Crippen molar-refractivity contribution >= 4 is 29.6 Å². The third kappa shape index (κ3) is 37.9. The van der Waals surface area contributed by atoms with Gasteiger partial charge in [-0.1, -0.05) is 56.3 Å². The Labute approximate surface area is 461 Å². The number of hydrogen-bond donors (Lipinski definition) is 4. The fourth-order valence-electron chi connectivity index (χ4n) is 7.20. The van der Waals surface area contributed by atoms with E-state index < -0.39 is 46.3 Å². The molecule has 446 valence electrons. The lowest BCUT2D eigenvalue weighted by Crippen LogP contribution is -2.50. The van der Waals surface area contributed by atoms with Gasteiger partial charge in [0.1, 0.15) is 19.8 Å². The summed E-state index contributed by atoms with van der Waals surface area (Å²) in [5.74, 6) is -8.23. The fourth-order valence-corrected chi connectivity index (χ4v) is 7.20. The highest BCUT2D eigenvalue weighted by Crippen LogP contribution is 2.30. The van der Waals surface area contributed by atoms with E-state index >= 15 is 0 Å². The quantitative estimate of drug-likeness (QED) is 0.0131. The van der Waals surface area contributed by atoms with Gasteiger partial charge in [-0.2, -0.15) is 8.78 Å². The van der Waals surface area contributed by atoms with E-state index in [9.17, 15) is 45.9 Å². The number of benzene rings is 1. The molecule has 1 rings (SSSR count). The lowest BCUT2D eigenvalue weighted by atomic mass is 9.82. The van der Waals surface area contributed by atoms with Gasteiger partial charge in [0.05, 0.1) is 99.1 Å². The maximum absolute atomic E-state index is 13.9. The lowest BCUT2D eigenvalue weighted by Gasteiger charge is -2.35. The van der Waals surface area contributed by atoms with E-state index in [1.54, 1.807) is 0 Å². The minimum absolute atomic E-state index is 0.0469. The molecule has 0 saturated carbocycles. The fraction of sp³-hybridized carbons (Fsp3) is 0.691. The van der Waals surface area contributed by atoms with Gasteiger partial charge in [-0.05, 0) is 32.1 Å². The van der Waals surface area contributed by atoms with Crippen LogP contribution in [0.15, 0.2) is 0 Å². The van der Waals surface area contributed by atoms with Gasteiger partial charge in [-0.25, -0.2) is 13.2 Å². The first-order valence-electron chi connectivity index (χ1n) is 26.6. The molecule has 0 saturated heterocycles. The summed E-state index contributed by atoms with van der Waals surface area (Å²) in [6.07, 6.45) is 20.4. The average molecular weight is 1130 g/mol. The summed E-state index contributed by atoms with van der Waals surface area (Å²) >= 11 is 0. The standard InChI is InChI=1S/C55H81F5N4O15/c1-4-26-70-32-38-76-41-35-73-29-23-61-44(65)17-20-55(21-18-45(66)62-24-30-74-36-42-77-39-33-71-27-5-2,22-19-46(67)63-25-31-75-37-43-78-40-34-72-28-6-3)64-47(68)15-13-11-9-7-8-10-12-14-16-48(69)79-54-52(59)50(57)49(56)51(58)53(54)60/h1-3H,7-43H2,(H,61,65)(H,62,66)(H,63,67)(H,64,68). The van der Waals surface area contributed by atoms with Crippen molar-refractivity contribution in [2.75, 3.05) is 139 Å². The van der Waals surface area contributed by atoms with Crippen molar-refractivity contribution in [3.8, 4) is 42.8 Å². The molecule has 0 spiro atoms. The third-order valence-corrected chi connectivity index (χ3v) is 11.3. The third-order valence-electron chi connectivity index (χ3n) is 11.3. The van der Waals surface area contributed by atoms with Crippen LogP contribution in [-0.4, -0.2) is 174 Å². The molecule has 0 aliphatic heterocycles. The molecule has 4 amide bonds. The first-order chi connectivity index (χ1) is 38.3. The van der Waals surface area contributed by atoms with E-state index in [2.05, 4.69) is 43.8 Å². The first kappa shape index (κ1) is 71.6. The summed E-state index contributed by atoms with van der Waals surface area (Å²) < 4.78 is 121. The van der Waals surface area contributed by atoms with Crippen LogP contribution >= 0.6 is 0 Å². The molecule has 0 unspecified atom stereocenters. The molecule has 0 aromatic heterocycles. The molecular weight excluding hydrogens is 1050 g/mol. The van der Waals surface area contributed by atoms with Gasteiger partial charge in [-0.15, -0.1) is 19.3 Å². The Morgan fingerprint density at radius 1 is 0.367 bits per heavy atom. The van der Waals surface area contributed by atoms with Crippen molar-refractivity contribution in [3.63, 3.8) is 0 Å². The number of carbonyl (C=O) groups is 5. The summed E-state index contributed by atoms with van der Waals surface area (Å²) in [7, 11) is 0. The molecule has 4 N–H and O–H groups in total. The number of esters is 1. The van der Waals surface area contributed by atoms with E-state index in [0.29, 0.717) is 85.1 Å². The van der Waals surface area contributed by atoms with Crippen LogP contribution in [0, 0.1) is 66.1 Å². The van der Waals surface area contributed by atoms with E-state index in [1.165, 1.54) is 0 Å². The lowest BCUT2D eigenvalue weighted by molar-refractivity contribution is -0.135. The number of terminal acetylenes is 3. The van der Waals surface area contributed by atoms with E-state index in [4.69, 9.17) is 61.9 Å². The van der Waals surface area contributed by atoms with Gasteiger partial charge < -0.3 is 68.6 Å². The second kappa shape index (κ2) is 48.4. The Hall–Kier alpha value is -5.46. The minimum atomic E-state index is -2.36. The van der Waals surface area contributed by atoms with E-state index in [0.717, 1.165) is 19.3 Å². The number of carbonyl (C=O) groups excluding carboxylic acids is 5. The highest BCUT2D eigenvalue weighted by atomic mass is 19.2. The smallest absolute Gasteiger partial charge is 0.311 e. The van der Waals surface area contributed by atoms with Crippen LogP contribution in [0.5, 0.6) is 5.75 Å². The number of hydrogen-bond acceptors (Lipinski definition) is 15. The molecule has 0 radical (unpaired) electrons. The van der Waals surface area contributed by atoms with Crippen LogP contribution in [-0.2, 0) is 66.6 Å². The highest BCUT2D eigenvalue weighted by molar-refractivity contribution is 5.80. The Kier molecular flexibility index (Phi) is 43.9. The van der Waals surface area contributed by atoms with Crippen LogP contribution in [0.1, 0.15) is 103 Å². The maximum Gasteiger partial charge on any atom is 0.311 e. The number of unbranched alkanes of at least 4 members (excludes halogenated alkanes) is 7. The molecule has 79 heavy (non-hydrogen) atoms. The Balaban J connectivity index is 2.87. The number of amides is 4. The van der Waals surface area contributed by atoms with Crippen molar-refractivity contribution in [3.05, 3.63) is 29.1 Å². The molecule has 0 atom stereocenters. The largest absolute Gasteiger partial charge is 0.420 e. The summed E-state index contributed by atoms with van der Waals surface area (Å²) in [5, 5.41) is 11.6. The van der Waals surface area contributed by atoms with Crippen molar-refractivity contribution in [2.24, 2.45) is 0 Å². The molecule has 1 aromatic rings. The SMILES string of the molecule is C#CCOCCOCCOCCNC(=O)CCC(CCC(=O)NCCOCCOCCOCC#C)(CCC(=O)NCCOCCOCCOCC#C)NC(=O)CCCCCCCCCCC(=O)Oc1c(F)c(F)c(F)c(F)c1F. The second-order valence-electron chi connectivity index (χ2n) is 17.5. The Morgan fingerprint density at radius 3 is 1.00 bits per heavy atom. The number of rotatable bonds is 52. The van der Waals surface area contributed by atoms with E-state index in [1.807, 2.05) is 0 Å². The average Bonchev–Trinajstić information content (AvgIpc) is 3.45. The van der Waals surface area contributed by atoms with Gasteiger partial charge in [0, 0.05) is 57.3 Å². The summed E-state index contributed by atoms with van der Waals surface area (Å²) in [5.41, 5.74) is -1.16. The maximum atomic E-state index is 13.9.